The number of alkyl halides is 3. The second-order valence-corrected chi connectivity index (χ2v) is 5.40. The Balaban J connectivity index is 0.00000220. The first-order chi connectivity index (χ1) is 9.26. The van der Waals surface area contributed by atoms with Gasteiger partial charge in [0.15, 0.2) is 0 Å². The average Bonchev–Trinajstić information content (AvgIpc) is 2.31. The molecule has 1 aliphatic rings. The quantitative estimate of drug-likeness (QED) is 0.927. The van der Waals surface area contributed by atoms with Gasteiger partial charge in [-0.1, -0.05) is 12.1 Å². The number of rotatable bonds is 3. The summed E-state index contributed by atoms with van der Waals surface area (Å²) in [6.45, 7) is 1.57. The van der Waals surface area contributed by atoms with Crippen LogP contribution in [0.4, 0.5) is 13.2 Å². The zero-order chi connectivity index (χ0) is 14.8. The first kappa shape index (κ1) is 18.1. The van der Waals surface area contributed by atoms with Gasteiger partial charge >= 0.3 is 6.36 Å². The van der Waals surface area contributed by atoms with Crippen molar-refractivity contribution in [1.29, 1.82) is 0 Å². The Bertz CT molecular complexity index is 460. The fourth-order valence-electron chi connectivity index (χ4n) is 2.44. The van der Waals surface area contributed by atoms with Gasteiger partial charge in [0.1, 0.15) is 5.75 Å². The van der Waals surface area contributed by atoms with Crippen molar-refractivity contribution in [2.45, 2.75) is 31.2 Å². The predicted octanol–water partition coefficient (Wildman–Crippen LogP) is 3.01. The zero-order valence-electron chi connectivity index (χ0n) is 11.7. The molecule has 0 atom stereocenters. The third-order valence-electron chi connectivity index (χ3n) is 3.58. The van der Waals surface area contributed by atoms with Gasteiger partial charge in [-0.05, 0) is 37.6 Å². The van der Waals surface area contributed by atoms with Gasteiger partial charge in [0, 0.05) is 19.5 Å². The normalized spacial score (nSPS) is 18.9. The Hall–Kier alpha value is -0.980. The molecule has 0 aliphatic carbocycles. The molecule has 1 N–H and O–H groups in total. The Morgan fingerprint density at radius 1 is 1.29 bits per heavy atom. The first-order valence-corrected chi connectivity index (χ1v) is 6.51. The van der Waals surface area contributed by atoms with Crippen LogP contribution in [0.15, 0.2) is 24.3 Å². The van der Waals surface area contributed by atoms with E-state index in [1.807, 2.05) is 7.05 Å². The number of benzene rings is 1. The van der Waals surface area contributed by atoms with E-state index in [0.29, 0.717) is 24.8 Å². The van der Waals surface area contributed by atoms with Crippen molar-refractivity contribution in [1.82, 2.24) is 4.90 Å². The van der Waals surface area contributed by atoms with E-state index in [9.17, 15) is 18.3 Å². The van der Waals surface area contributed by atoms with Crippen LogP contribution >= 0.6 is 12.4 Å². The SMILES string of the molecule is CN1CCC(O)(Cc2cccc(OC(F)(F)F)c2)CC1.Cl. The maximum Gasteiger partial charge on any atom is 0.573 e. The van der Waals surface area contributed by atoms with Gasteiger partial charge in [-0.25, -0.2) is 0 Å². The van der Waals surface area contributed by atoms with E-state index in [-0.39, 0.29) is 18.2 Å². The highest BCUT2D eigenvalue weighted by Gasteiger charge is 2.33. The summed E-state index contributed by atoms with van der Waals surface area (Å²) in [6, 6.07) is 5.81. The average molecular weight is 326 g/mol. The maximum absolute atomic E-state index is 12.2. The molecule has 120 valence electrons. The third-order valence-corrected chi connectivity index (χ3v) is 3.58. The van der Waals surface area contributed by atoms with Gasteiger partial charge in [0.25, 0.3) is 0 Å². The number of hydrogen-bond acceptors (Lipinski definition) is 3. The Morgan fingerprint density at radius 3 is 2.48 bits per heavy atom. The van der Waals surface area contributed by atoms with E-state index in [1.54, 1.807) is 6.07 Å². The number of hydrogen-bond donors (Lipinski definition) is 1. The lowest BCUT2D eigenvalue weighted by atomic mass is 9.85. The summed E-state index contributed by atoms with van der Waals surface area (Å²) in [5, 5.41) is 10.5. The lowest BCUT2D eigenvalue weighted by molar-refractivity contribution is -0.274. The number of halogens is 4. The molecule has 3 nitrogen and oxygen atoms in total. The summed E-state index contributed by atoms with van der Waals surface area (Å²) in [5.74, 6) is -0.244. The molecule has 0 unspecified atom stereocenters. The number of nitrogens with zero attached hydrogens (tertiary/aromatic N) is 1. The van der Waals surface area contributed by atoms with Crippen molar-refractivity contribution < 1.29 is 23.0 Å². The van der Waals surface area contributed by atoms with E-state index in [2.05, 4.69) is 9.64 Å². The highest BCUT2D eigenvalue weighted by atomic mass is 35.5. The molecule has 1 fully saturated rings. The smallest absolute Gasteiger partial charge is 0.406 e. The topological polar surface area (TPSA) is 32.7 Å². The van der Waals surface area contributed by atoms with Crippen molar-refractivity contribution in [3.8, 4) is 5.75 Å². The fraction of sp³-hybridized carbons (Fsp3) is 0.571. The summed E-state index contributed by atoms with van der Waals surface area (Å²) in [5.41, 5.74) is -0.192. The molecular weight excluding hydrogens is 307 g/mol. The van der Waals surface area contributed by atoms with Crippen LogP contribution in [-0.2, 0) is 6.42 Å². The largest absolute Gasteiger partial charge is 0.573 e. The van der Waals surface area contributed by atoms with Crippen LogP contribution in [0, 0.1) is 0 Å². The zero-order valence-corrected chi connectivity index (χ0v) is 12.5. The van der Waals surface area contributed by atoms with Crippen LogP contribution in [0.25, 0.3) is 0 Å². The minimum Gasteiger partial charge on any atom is -0.406 e. The number of ether oxygens (including phenoxy) is 1. The Labute approximate surface area is 128 Å². The summed E-state index contributed by atoms with van der Waals surface area (Å²) in [7, 11) is 1.98. The number of piperidine rings is 1. The van der Waals surface area contributed by atoms with E-state index in [4.69, 9.17) is 0 Å². The first-order valence-electron chi connectivity index (χ1n) is 6.51. The van der Waals surface area contributed by atoms with E-state index in [0.717, 1.165) is 13.1 Å². The molecule has 0 bridgehead atoms. The summed E-state index contributed by atoms with van der Waals surface area (Å²) >= 11 is 0. The molecule has 1 aliphatic heterocycles. The van der Waals surface area contributed by atoms with Crippen molar-refractivity contribution in [2.75, 3.05) is 20.1 Å². The molecule has 1 saturated heterocycles. The van der Waals surface area contributed by atoms with E-state index < -0.39 is 12.0 Å². The minimum absolute atomic E-state index is 0. The van der Waals surface area contributed by atoms with Crippen LogP contribution in [-0.4, -0.2) is 42.1 Å². The Kier molecular flexibility index (Phi) is 5.90. The van der Waals surface area contributed by atoms with Crippen molar-refractivity contribution in [3.63, 3.8) is 0 Å². The van der Waals surface area contributed by atoms with Gasteiger partial charge in [0.2, 0.25) is 0 Å². The molecule has 0 spiro atoms. The van der Waals surface area contributed by atoms with Gasteiger partial charge in [-0.15, -0.1) is 25.6 Å². The molecular formula is C14H19ClF3NO2. The molecule has 1 aromatic rings. The van der Waals surface area contributed by atoms with Crippen molar-refractivity contribution in [3.05, 3.63) is 29.8 Å². The van der Waals surface area contributed by atoms with E-state index >= 15 is 0 Å². The van der Waals surface area contributed by atoms with Gasteiger partial charge in [-0.2, -0.15) is 0 Å². The molecule has 0 saturated carbocycles. The van der Waals surface area contributed by atoms with Gasteiger partial charge < -0.3 is 14.7 Å². The van der Waals surface area contributed by atoms with Crippen LogP contribution in [0.5, 0.6) is 5.75 Å². The molecule has 7 heteroatoms. The summed E-state index contributed by atoms with van der Waals surface area (Å²) in [4.78, 5) is 2.12. The molecule has 1 aromatic carbocycles. The fourth-order valence-corrected chi connectivity index (χ4v) is 2.44. The number of likely N-dealkylation sites (tertiary alicyclic amines) is 1. The summed E-state index contributed by atoms with van der Waals surface area (Å²) in [6.07, 6.45) is -3.11. The van der Waals surface area contributed by atoms with Crippen LogP contribution in [0.1, 0.15) is 18.4 Å². The summed E-state index contributed by atoms with van der Waals surface area (Å²) < 4.78 is 40.4. The van der Waals surface area contributed by atoms with Crippen molar-refractivity contribution in [2.24, 2.45) is 0 Å². The number of aliphatic hydroxyl groups is 1. The Morgan fingerprint density at radius 2 is 1.90 bits per heavy atom. The second kappa shape index (κ2) is 6.85. The lowest BCUT2D eigenvalue weighted by Crippen LogP contribution is -2.44. The molecule has 0 amide bonds. The molecule has 1 heterocycles. The van der Waals surface area contributed by atoms with Crippen LogP contribution in [0.3, 0.4) is 0 Å². The second-order valence-electron chi connectivity index (χ2n) is 5.40. The molecule has 21 heavy (non-hydrogen) atoms. The highest BCUT2D eigenvalue weighted by Crippen LogP contribution is 2.28. The highest BCUT2D eigenvalue weighted by molar-refractivity contribution is 5.85. The van der Waals surface area contributed by atoms with Crippen LogP contribution in [0.2, 0.25) is 0 Å². The van der Waals surface area contributed by atoms with Gasteiger partial charge in [0.05, 0.1) is 5.60 Å². The van der Waals surface area contributed by atoms with E-state index in [1.165, 1.54) is 18.2 Å². The van der Waals surface area contributed by atoms with Gasteiger partial charge in [-0.3, -0.25) is 0 Å². The molecule has 0 radical (unpaired) electrons. The minimum atomic E-state index is -4.69. The monoisotopic (exact) mass is 325 g/mol. The predicted molar refractivity (Wildman–Crippen MR) is 75.8 cm³/mol. The molecule has 2 rings (SSSR count). The van der Waals surface area contributed by atoms with Crippen LogP contribution < -0.4 is 4.74 Å². The standard InChI is InChI=1S/C14H18F3NO2.ClH/c1-18-7-5-13(19,6-8-18)10-11-3-2-4-12(9-11)20-14(15,16)17;/h2-4,9,19H,5-8,10H2,1H3;1H. The molecule has 0 aromatic heterocycles. The van der Waals surface area contributed by atoms with Crippen molar-refractivity contribution >= 4 is 12.4 Å². The third kappa shape index (κ3) is 5.73. The lowest BCUT2D eigenvalue weighted by Gasteiger charge is -2.36. The maximum atomic E-state index is 12.2.